The zero-order valence-corrected chi connectivity index (χ0v) is 15.6. The minimum Gasteiger partial charge on any atom is -0.490 e. The average molecular weight is 378 g/mol. The molecule has 0 atom stereocenters. The highest BCUT2D eigenvalue weighted by Gasteiger charge is 2.11. The lowest BCUT2D eigenvalue weighted by atomic mass is 10.1. The molecule has 0 spiro atoms. The maximum Gasteiger partial charge on any atom is 0.175 e. The van der Waals surface area contributed by atoms with Crippen molar-refractivity contribution in [1.29, 1.82) is 0 Å². The highest BCUT2D eigenvalue weighted by Crippen LogP contribution is 2.36. The fourth-order valence-electron chi connectivity index (χ4n) is 2.33. The number of aryl methyl sites for hydroxylation is 1. The summed E-state index contributed by atoms with van der Waals surface area (Å²) in [5, 5.41) is 3.47. The van der Waals surface area contributed by atoms with E-state index in [9.17, 15) is 0 Å². The second-order valence-corrected chi connectivity index (χ2v) is 6.21. The second kappa shape index (κ2) is 8.94. The van der Waals surface area contributed by atoms with Crippen molar-refractivity contribution in [3.63, 3.8) is 0 Å². The fourth-order valence-corrected chi connectivity index (χ4v) is 2.93. The van der Waals surface area contributed by atoms with Crippen LogP contribution in [-0.2, 0) is 13.1 Å². The molecule has 0 saturated heterocycles. The Morgan fingerprint density at radius 2 is 1.57 bits per heavy atom. The normalized spacial score (nSPS) is 10.6. The van der Waals surface area contributed by atoms with Crippen LogP contribution in [0.15, 0.2) is 40.9 Å². The van der Waals surface area contributed by atoms with E-state index in [1.54, 1.807) is 0 Å². The monoisotopic (exact) mass is 377 g/mol. The molecule has 2 aromatic carbocycles. The van der Waals surface area contributed by atoms with Gasteiger partial charge in [-0.1, -0.05) is 29.8 Å². The minimum atomic E-state index is 0.615. The molecule has 2 aromatic rings. The molecule has 0 aliphatic heterocycles. The average Bonchev–Trinajstić information content (AvgIpc) is 2.53. The molecule has 0 amide bonds. The number of ether oxygens (including phenoxy) is 2. The molecule has 0 aliphatic carbocycles. The Hall–Kier alpha value is -1.52. The molecular formula is C19H24BrNO2. The van der Waals surface area contributed by atoms with Crippen molar-refractivity contribution in [2.24, 2.45) is 0 Å². The highest BCUT2D eigenvalue weighted by atomic mass is 79.9. The van der Waals surface area contributed by atoms with Gasteiger partial charge in [-0.3, -0.25) is 0 Å². The van der Waals surface area contributed by atoms with E-state index < -0.39 is 0 Å². The highest BCUT2D eigenvalue weighted by molar-refractivity contribution is 9.10. The first-order valence-corrected chi connectivity index (χ1v) is 8.77. The zero-order chi connectivity index (χ0) is 16.7. The molecule has 0 aromatic heterocycles. The first-order chi connectivity index (χ1) is 11.1. The van der Waals surface area contributed by atoms with Crippen LogP contribution in [0.4, 0.5) is 0 Å². The molecule has 2 rings (SSSR count). The molecule has 0 unspecified atom stereocenters. The molecule has 0 saturated carbocycles. The number of nitrogens with one attached hydrogen (secondary N) is 1. The van der Waals surface area contributed by atoms with E-state index in [4.69, 9.17) is 9.47 Å². The Morgan fingerprint density at radius 3 is 2.22 bits per heavy atom. The molecule has 4 heteroatoms. The third-order valence-electron chi connectivity index (χ3n) is 3.44. The van der Waals surface area contributed by atoms with Gasteiger partial charge in [-0.15, -0.1) is 0 Å². The lowest BCUT2D eigenvalue weighted by Gasteiger charge is -2.15. The molecule has 0 fully saturated rings. The zero-order valence-electron chi connectivity index (χ0n) is 14.0. The second-order valence-electron chi connectivity index (χ2n) is 5.36. The van der Waals surface area contributed by atoms with Crippen molar-refractivity contribution in [2.45, 2.75) is 33.9 Å². The summed E-state index contributed by atoms with van der Waals surface area (Å²) in [6.45, 7) is 8.90. The topological polar surface area (TPSA) is 30.5 Å². The Balaban J connectivity index is 2.03. The van der Waals surface area contributed by atoms with Crippen LogP contribution in [-0.4, -0.2) is 13.2 Å². The van der Waals surface area contributed by atoms with Crippen LogP contribution >= 0.6 is 15.9 Å². The summed E-state index contributed by atoms with van der Waals surface area (Å²) in [4.78, 5) is 0. The molecule has 0 radical (unpaired) electrons. The molecule has 23 heavy (non-hydrogen) atoms. The molecule has 0 aliphatic rings. The number of hydrogen-bond donors (Lipinski definition) is 1. The third-order valence-corrected chi connectivity index (χ3v) is 4.03. The summed E-state index contributed by atoms with van der Waals surface area (Å²) in [6, 6.07) is 12.7. The first kappa shape index (κ1) is 17.8. The van der Waals surface area contributed by atoms with E-state index in [1.807, 2.05) is 19.9 Å². The van der Waals surface area contributed by atoms with Crippen molar-refractivity contribution >= 4 is 15.9 Å². The summed E-state index contributed by atoms with van der Waals surface area (Å²) in [7, 11) is 0. The smallest absolute Gasteiger partial charge is 0.175 e. The molecule has 0 bridgehead atoms. The molecule has 3 nitrogen and oxygen atoms in total. The van der Waals surface area contributed by atoms with Crippen molar-refractivity contribution in [1.82, 2.24) is 5.32 Å². The first-order valence-electron chi connectivity index (χ1n) is 7.98. The predicted molar refractivity (Wildman–Crippen MR) is 98.2 cm³/mol. The largest absolute Gasteiger partial charge is 0.490 e. The van der Waals surface area contributed by atoms with Crippen molar-refractivity contribution in [3.8, 4) is 11.5 Å². The van der Waals surface area contributed by atoms with Crippen LogP contribution in [0.2, 0.25) is 0 Å². The lowest BCUT2D eigenvalue weighted by Crippen LogP contribution is -2.13. The molecule has 1 N–H and O–H groups in total. The van der Waals surface area contributed by atoms with Gasteiger partial charge >= 0.3 is 0 Å². The number of halogens is 1. The molecule has 124 valence electrons. The van der Waals surface area contributed by atoms with Gasteiger partial charge in [-0.2, -0.15) is 0 Å². The van der Waals surface area contributed by atoms with Crippen LogP contribution in [0, 0.1) is 6.92 Å². The Kier molecular flexibility index (Phi) is 6.93. The van der Waals surface area contributed by atoms with Crippen molar-refractivity contribution in [2.75, 3.05) is 13.2 Å². The van der Waals surface area contributed by atoms with Crippen LogP contribution in [0.25, 0.3) is 0 Å². The molecular weight excluding hydrogens is 354 g/mol. The van der Waals surface area contributed by atoms with E-state index in [1.165, 1.54) is 11.1 Å². The van der Waals surface area contributed by atoms with Crippen LogP contribution in [0.1, 0.15) is 30.5 Å². The van der Waals surface area contributed by atoms with Crippen LogP contribution in [0.3, 0.4) is 0 Å². The van der Waals surface area contributed by atoms with Gasteiger partial charge in [0.1, 0.15) is 0 Å². The van der Waals surface area contributed by atoms with Gasteiger partial charge in [0.25, 0.3) is 0 Å². The van der Waals surface area contributed by atoms with Crippen LogP contribution in [0.5, 0.6) is 11.5 Å². The maximum absolute atomic E-state index is 5.71. The van der Waals surface area contributed by atoms with Gasteiger partial charge in [0.2, 0.25) is 0 Å². The Labute approximate surface area is 147 Å². The summed E-state index contributed by atoms with van der Waals surface area (Å²) < 4.78 is 12.3. The van der Waals surface area contributed by atoms with Gasteiger partial charge in [0.05, 0.1) is 17.7 Å². The Bertz CT molecular complexity index is 626. The minimum absolute atomic E-state index is 0.615. The van der Waals surface area contributed by atoms with Crippen LogP contribution < -0.4 is 14.8 Å². The van der Waals surface area contributed by atoms with Gasteiger partial charge in [-0.05, 0) is 60.0 Å². The number of benzene rings is 2. The maximum atomic E-state index is 5.71. The summed E-state index contributed by atoms with van der Waals surface area (Å²) in [5.41, 5.74) is 3.73. The quantitative estimate of drug-likeness (QED) is 0.713. The van der Waals surface area contributed by atoms with E-state index in [2.05, 4.69) is 58.5 Å². The summed E-state index contributed by atoms with van der Waals surface area (Å²) >= 11 is 3.58. The van der Waals surface area contributed by atoms with Gasteiger partial charge in [0.15, 0.2) is 11.5 Å². The third kappa shape index (κ3) is 5.26. The van der Waals surface area contributed by atoms with E-state index in [-0.39, 0.29) is 0 Å². The van der Waals surface area contributed by atoms with Gasteiger partial charge in [-0.25, -0.2) is 0 Å². The van der Waals surface area contributed by atoms with Gasteiger partial charge < -0.3 is 14.8 Å². The standard InChI is InChI=1S/C19H24BrNO2/c1-4-22-18-11-16(10-17(20)19(18)23-5-2)13-21-12-15-8-6-14(3)7-9-15/h6-11,21H,4-5,12-13H2,1-3H3. The van der Waals surface area contributed by atoms with Crippen molar-refractivity contribution < 1.29 is 9.47 Å². The number of hydrogen-bond acceptors (Lipinski definition) is 3. The van der Waals surface area contributed by atoms with E-state index >= 15 is 0 Å². The summed E-state index contributed by atoms with van der Waals surface area (Å²) in [6.07, 6.45) is 0. The van der Waals surface area contributed by atoms with E-state index in [0.717, 1.165) is 34.6 Å². The predicted octanol–water partition coefficient (Wildman–Crippen LogP) is 4.84. The number of rotatable bonds is 8. The lowest BCUT2D eigenvalue weighted by molar-refractivity contribution is 0.286. The fraction of sp³-hybridized carbons (Fsp3) is 0.368. The Morgan fingerprint density at radius 1 is 0.913 bits per heavy atom. The molecule has 0 heterocycles. The summed E-state index contributed by atoms with van der Waals surface area (Å²) in [5.74, 6) is 1.56. The SMILES string of the molecule is CCOc1cc(CNCc2ccc(C)cc2)cc(Br)c1OCC. The van der Waals surface area contributed by atoms with Crippen molar-refractivity contribution in [3.05, 3.63) is 57.6 Å². The van der Waals surface area contributed by atoms with E-state index in [0.29, 0.717) is 13.2 Å². The van der Waals surface area contributed by atoms with Gasteiger partial charge in [0, 0.05) is 13.1 Å².